The van der Waals surface area contributed by atoms with E-state index in [2.05, 4.69) is 10.3 Å². The van der Waals surface area contributed by atoms with Gasteiger partial charge >= 0.3 is 5.97 Å². The molecule has 6 amide bonds. The number of pyridine rings is 1. The van der Waals surface area contributed by atoms with Gasteiger partial charge in [0.05, 0.1) is 23.2 Å². The van der Waals surface area contributed by atoms with Crippen molar-refractivity contribution in [2.45, 2.75) is 189 Å². The zero-order chi connectivity index (χ0) is 65.9. The zero-order valence-electron chi connectivity index (χ0n) is 55.5. The van der Waals surface area contributed by atoms with Crippen LogP contribution < -0.4 is 5.32 Å². The van der Waals surface area contributed by atoms with E-state index in [-0.39, 0.29) is 56.3 Å². The lowest BCUT2D eigenvalue weighted by molar-refractivity contribution is -0.178. The van der Waals surface area contributed by atoms with Gasteiger partial charge in [0.2, 0.25) is 29.5 Å². The minimum Gasteiger partial charge on any atom is -0.450 e. The highest BCUT2D eigenvalue weighted by Gasteiger charge is 2.48. The monoisotopic (exact) mass is 1230 g/mol. The van der Waals surface area contributed by atoms with E-state index in [1.807, 2.05) is 133 Å². The van der Waals surface area contributed by atoms with Gasteiger partial charge in [-0.2, -0.15) is 0 Å². The average Bonchev–Trinajstić information content (AvgIpc) is 2.39. The molecule has 3 unspecified atom stereocenters. The Hall–Kier alpha value is -7.34. The molecule has 11 atom stereocenters. The minimum absolute atomic E-state index is 0.00284. The normalized spacial score (nSPS) is 25.1. The number of rotatable bonds is 14. The van der Waals surface area contributed by atoms with Crippen molar-refractivity contribution in [3.63, 3.8) is 0 Å². The maximum atomic E-state index is 15.8. The van der Waals surface area contributed by atoms with Gasteiger partial charge < -0.3 is 39.7 Å². The topological polar surface area (TPSA) is 224 Å². The van der Waals surface area contributed by atoms with Crippen LogP contribution in [0.15, 0.2) is 91.1 Å². The molecule has 2 fully saturated rings. The van der Waals surface area contributed by atoms with Gasteiger partial charge in [-0.25, -0.2) is 4.79 Å². The number of nitrogens with zero attached hydrogens (tertiary/aromatic N) is 6. The summed E-state index contributed by atoms with van der Waals surface area (Å²) in [5, 5.41) is 15.8. The Kier molecular flexibility index (Phi) is 24.6. The highest BCUT2D eigenvalue weighted by Crippen LogP contribution is 2.33. The first kappa shape index (κ1) is 70.7. The summed E-state index contributed by atoms with van der Waals surface area (Å²) in [5.41, 5.74) is 1.97. The predicted molar refractivity (Wildman–Crippen MR) is 344 cm³/mol. The molecule has 89 heavy (non-hydrogen) atoms. The van der Waals surface area contributed by atoms with E-state index in [0.717, 1.165) is 26.9 Å². The standard InChI is InChI=1S/C71H99N7O11/c1-17-45(9)53-41-58(79)56-30-24-34-78(56)68(85)57(38-48-27-22-28-50(36-48)51-32-31-49-29-23-33-72-54(49)39-51)74(13)67(84)55(37-47-25-20-19-21-26-47)73-64(81)61(44(7)8)76(15)69(86)62(46(10)18-2)89-70(87)63(71(11,12)88)77(16)65(82)52(35-42(3)4)40-59(80)60(43(5)6)75(14)66(53)83/h19-23,25-29,31-33,36,39,42-46,52-53,55-57,60-63,88H,17-18,24,30,34-35,37-38,40-41H2,1-16H3,(H,73,81)/t45?,46?,52?,53-,55-,56-,57-,60-,61-,62+,63+/m0/s1. The van der Waals surface area contributed by atoms with Crippen molar-refractivity contribution >= 4 is 63.9 Å². The summed E-state index contributed by atoms with van der Waals surface area (Å²) in [6.07, 6.45) is 1.46. The number of amides is 6. The Balaban J connectivity index is 1.52. The number of esters is 1. The Labute approximate surface area is 527 Å². The molecule has 3 aromatic carbocycles. The van der Waals surface area contributed by atoms with Crippen LogP contribution in [-0.4, -0.2) is 170 Å². The second kappa shape index (κ2) is 30.9. The van der Waals surface area contributed by atoms with Crippen LogP contribution >= 0.6 is 0 Å². The van der Waals surface area contributed by atoms with Gasteiger partial charge in [0.25, 0.3) is 5.91 Å². The van der Waals surface area contributed by atoms with E-state index in [1.54, 1.807) is 34.0 Å². The van der Waals surface area contributed by atoms with Crippen LogP contribution in [-0.2, 0) is 60.7 Å². The summed E-state index contributed by atoms with van der Waals surface area (Å²) >= 11 is 0. The van der Waals surface area contributed by atoms with Crippen LogP contribution in [0.3, 0.4) is 0 Å². The number of Topliss-reactive ketones (excluding diaryl/α,β-unsaturated/α-hetero) is 2. The van der Waals surface area contributed by atoms with Gasteiger partial charge in [-0.1, -0.05) is 148 Å². The van der Waals surface area contributed by atoms with E-state index in [0.29, 0.717) is 36.8 Å². The number of nitrogens with one attached hydrogen (secondary N) is 1. The minimum atomic E-state index is -1.95. The molecule has 1 aromatic heterocycles. The van der Waals surface area contributed by atoms with Gasteiger partial charge in [0.1, 0.15) is 18.1 Å². The molecule has 6 rings (SSSR count). The van der Waals surface area contributed by atoms with Gasteiger partial charge in [0.15, 0.2) is 23.7 Å². The van der Waals surface area contributed by atoms with Crippen molar-refractivity contribution in [1.82, 2.24) is 34.8 Å². The van der Waals surface area contributed by atoms with E-state index in [9.17, 15) is 19.5 Å². The van der Waals surface area contributed by atoms with E-state index < -0.39 is 125 Å². The number of likely N-dealkylation sites (N-methyl/N-ethyl adjacent to an activating group) is 4. The summed E-state index contributed by atoms with van der Waals surface area (Å²) in [7, 11) is 5.85. The van der Waals surface area contributed by atoms with Crippen LogP contribution in [0.4, 0.5) is 0 Å². The maximum Gasteiger partial charge on any atom is 0.332 e. The van der Waals surface area contributed by atoms with Crippen molar-refractivity contribution in [3.05, 3.63) is 102 Å². The Morgan fingerprint density at radius 3 is 1.88 bits per heavy atom. The smallest absolute Gasteiger partial charge is 0.332 e. The van der Waals surface area contributed by atoms with Crippen LogP contribution in [0.1, 0.15) is 139 Å². The maximum absolute atomic E-state index is 15.8. The molecule has 18 heteroatoms. The van der Waals surface area contributed by atoms with Gasteiger partial charge in [-0.3, -0.25) is 43.3 Å². The molecule has 3 heterocycles. The Morgan fingerprint density at radius 1 is 0.629 bits per heavy atom. The molecule has 2 aliphatic rings. The van der Waals surface area contributed by atoms with Gasteiger partial charge in [-0.05, 0) is 97.6 Å². The third-order valence-corrected chi connectivity index (χ3v) is 18.5. The molecular weight excluding hydrogens is 1130 g/mol. The van der Waals surface area contributed by atoms with Crippen molar-refractivity contribution in [2.24, 2.45) is 41.4 Å². The lowest BCUT2D eigenvalue weighted by Gasteiger charge is -2.39. The average molecular weight is 1230 g/mol. The zero-order valence-corrected chi connectivity index (χ0v) is 55.5. The van der Waals surface area contributed by atoms with Crippen molar-refractivity contribution in [1.29, 1.82) is 0 Å². The molecule has 2 saturated heterocycles. The van der Waals surface area contributed by atoms with Gasteiger partial charge in [-0.15, -0.1) is 0 Å². The molecule has 2 aliphatic heterocycles. The third-order valence-electron chi connectivity index (χ3n) is 18.5. The van der Waals surface area contributed by atoms with Crippen molar-refractivity contribution in [3.8, 4) is 11.1 Å². The highest BCUT2D eigenvalue weighted by molar-refractivity contribution is 5.99. The highest BCUT2D eigenvalue weighted by atomic mass is 16.6. The second-order valence-corrected chi connectivity index (χ2v) is 26.9. The Morgan fingerprint density at radius 2 is 1.26 bits per heavy atom. The molecule has 0 aliphatic carbocycles. The number of hydrogen-bond acceptors (Lipinski definition) is 12. The quantitative estimate of drug-likeness (QED) is 0.113. The molecular formula is C71H99N7O11. The summed E-state index contributed by atoms with van der Waals surface area (Å²) in [6.45, 7) is 21.1. The van der Waals surface area contributed by atoms with Gasteiger partial charge in [0, 0.05) is 89.8 Å². The fourth-order valence-electron chi connectivity index (χ4n) is 13.2. The number of benzene rings is 3. The first-order valence-corrected chi connectivity index (χ1v) is 32.1. The number of hydrogen-bond donors (Lipinski definition) is 2. The van der Waals surface area contributed by atoms with Crippen molar-refractivity contribution in [2.75, 3.05) is 34.7 Å². The first-order valence-electron chi connectivity index (χ1n) is 32.1. The number of aromatic nitrogens is 1. The van der Waals surface area contributed by atoms with Crippen LogP contribution in [0, 0.1) is 41.4 Å². The fraction of sp³-hybridized carbons (Fsp3) is 0.577. The van der Waals surface area contributed by atoms with E-state index in [1.165, 1.54) is 54.6 Å². The lowest BCUT2D eigenvalue weighted by atomic mass is 9.82. The summed E-state index contributed by atoms with van der Waals surface area (Å²) in [4.78, 5) is 148. The molecule has 0 bridgehead atoms. The summed E-state index contributed by atoms with van der Waals surface area (Å²) < 4.78 is 6.17. The van der Waals surface area contributed by atoms with E-state index in [4.69, 9.17) is 4.74 Å². The van der Waals surface area contributed by atoms with Crippen LogP contribution in [0.25, 0.3) is 22.0 Å². The number of ketones is 2. The van der Waals surface area contributed by atoms with Crippen LogP contribution in [0.5, 0.6) is 0 Å². The predicted octanol–water partition coefficient (Wildman–Crippen LogP) is 8.77. The number of fused-ring (bicyclic) bond motifs is 2. The number of cyclic esters (lactones) is 1. The summed E-state index contributed by atoms with van der Waals surface area (Å²) in [5.74, 6) is -9.52. The van der Waals surface area contributed by atoms with Crippen LogP contribution in [0.2, 0.25) is 0 Å². The lowest BCUT2D eigenvalue weighted by Crippen LogP contribution is -2.61. The third kappa shape index (κ3) is 17.1. The molecule has 484 valence electrons. The molecule has 0 radical (unpaired) electrons. The largest absolute Gasteiger partial charge is 0.450 e. The molecule has 0 spiro atoms. The number of carbonyl (C=O) groups excluding carboxylic acids is 9. The molecule has 0 saturated carbocycles. The molecule has 4 aromatic rings. The number of aliphatic hydroxyl groups is 1. The van der Waals surface area contributed by atoms with E-state index >= 15 is 28.8 Å². The Bertz CT molecular complexity index is 3160. The number of carbonyl (C=O) groups is 9. The fourth-order valence-corrected chi connectivity index (χ4v) is 13.2. The summed E-state index contributed by atoms with van der Waals surface area (Å²) in [6, 6.07) is 19.1. The first-order chi connectivity index (χ1) is 41.9. The number of ether oxygens (including phenoxy) is 1. The van der Waals surface area contributed by atoms with Crippen molar-refractivity contribution < 1.29 is 53.0 Å². The molecule has 2 N–H and O–H groups in total. The molecule has 18 nitrogen and oxygen atoms in total. The SMILES string of the molecule is CCC(C)[C@@H]1CC(=O)[C@@H]2CCCN2C(=O)[C@H](Cc2cccc(-c3ccc4cccnc4c3)c2)N(C)C(=O)[C@H](Cc2ccccc2)NC(=O)[C@H](C(C)C)N(C)C(=O)[C@@H](C(C)CC)OC(=O)[C@H](C(C)(C)O)N(C)C(=O)C(CC(C)C)CC(=O)[C@H](C(C)C)N(C)C1=O. The second-order valence-electron chi connectivity index (χ2n) is 26.9.